The molecule has 2 aromatic rings. The topological polar surface area (TPSA) is 82.2 Å². The van der Waals surface area contributed by atoms with Gasteiger partial charge in [0.2, 0.25) is 5.76 Å². The maximum absolute atomic E-state index is 12.0. The summed E-state index contributed by atoms with van der Waals surface area (Å²) in [6.07, 6.45) is 2.69. The van der Waals surface area contributed by atoms with Gasteiger partial charge in [0, 0.05) is 31.2 Å². The number of rotatable bonds is 4. The normalized spacial score (nSPS) is 18.4. The molecule has 1 unspecified atom stereocenters. The highest BCUT2D eigenvalue weighted by molar-refractivity contribution is 6.01. The van der Waals surface area contributed by atoms with Gasteiger partial charge in [0.25, 0.3) is 5.91 Å². The molecule has 1 aliphatic rings. The van der Waals surface area contributed by atoms with Crippen molar-refractivity contribution in [1.29, 1.82) is 0 Å². The van der Waals surface area contributed by atoms with E-state index in [0.717, 1.165) is 26.2 Å². The van der Waals surface area contributed by atoms with Crippen molar-refractivity contribution in [2.24, 2.45) is 5.92 Å². The van der Waals surface area contributed by atoms with Gasteiger partial charge in [0.05, 0.1) is 18.5 Å². The van der Waals surface area contributed by atoms with Crippen molar-refractivity contribution in [1.82, 2.24) is 14.9 Å². The molecule has 3 heterocycles. The Kier molecular flexibility index (Phi) is 3.51. The second-order valence-electron chi connectivity index (χ2n) is 4.91. The van der Waals surface area contributed by atoms with Crippen LogP contribution in [0.3, 0.4) is 0 Å². The van der Waals surface area contributed by atoms with E-state index in [9.17, 15) is 4.79 Å². The standard InChI is InChI=1S/C13H16N4O3/c1-9-6-11(20-16-9)13(18)15-12-2-4-14-17(12)7-10-3-5-19-8-10/h2,4,6,10H,3,5,7-8H2,1H3,(H,15,18). The van der Waals surface area contributed by atoms with Crippen molar-refractivity contribution in [2.45, 2.75) is 19.9 Å². The van der Waals surface area contributed by atoms with Gasteiger partial charge in [-0.1, -0.05) is 5.16 Å². The number of amides is 1. The van der Waals surface area contributed by atoms with Crippen molar-refractivity contribution < 1.29 is 14.1 Å². The third-order valence-corrected chi connectivity index (χ3v) is 3.27. The summed E-state index contributed by atoms with van der Waals surface area (Å²) < 4.78 is 12.1. The molecule has 1 atom stereocenters. The fourth-order valence-electron chi connectivity index (χ4n) is 2.20. The Morgan fingerprint density at radius 3 is 3.20 bits per heavy atom. The fourth-order valence-corrected chi connectivity index (χ4v) is 2.20. The van der Waals surface area contributed by atoms with Gasteiger partial charge in [-0.25, -0.2) is 4.68 Å². The minimum Gasteiger partial charge on any atom is -0.381 e. The summed E-state index contributed by atoms with van der Waals surface area (Å²) in [4.78, 5) is 12.0. The Balaban J connectivity index is 1.68. The van der Waals surface area contributed by atoms with E-state index in [0.29, 0.717) is 17.4 Å². The molecule has 1 fully saturated rings. The van der Waals surface area contributed by atoms with E-state index in [2.05, 4.69) is 15.6 Å². The lowest BCUT2D eigenvalue weighted by molar-refractivity contribution is 0.0986. The summed E-state index contributed by atoms with van der Waals surface area (Å²) in [5, 5.41) is 10.7. The first-order chi connectivity index (χ1) is 9.72. The van der Waals surface area contributed by atoms with Gasteiger partial charge in [-0.2, -0.15) is 5.10 Å². The average molecular weight is 276 g/mol. The predicted octanol–water partition coefficient (Wildman–Crippen LogP) is 1.47. The van der Waals surface area contributed by atoms with Crippen LogP contribution in [0.4, 0.5) is 5.82 Å². The van der Waals surface area contributed by atoms with Crippen molar-refractivity contribution in [3.8, 4) is 0 Å². The van der Waals surface area contributed by atoms with Crippen LogP contribution in [0.25, 0.3) is 0 Å². The number of hydrogen-bond acceptors (Lipinski definition) is 5. The smallest absolute Gasteiger partial charge is 0.295 e. The van der Waals surface area contributed by atoms with Crippen LogP contribution in [0.5, 0.6) is 0 Å². The monoisotopic (exact) mass is 276 g/mol. The van der Waals surface area contributed by atoms with Crippen molar-refractivity contribution in [3.63, 3.8) is 0 Å². The average Bonchev–Trinajstić information content (AvgIpc) is 3.13. The zero-order valence-electron chi connectivity index (χ0n) is 11.2. The van der Waals surface area contributed by atoms with Gasteiger partial charge in [0.1, 0.15) is 5.82 Å². The number of carbonyl (C=O) groups is 1. The SMILES string of the molecule is Cc1cc(C(=O)Nc2ccnn2CC2CCOC2)on1. The van der Waals surface area contributed by atoms with Gasteiger partial charge in [-0.05, 0) is 13.3 Å². The van der Waals surface area contributed by atoms with Gasteiger partial charge < -0.3 is 14.6 Å². The summed E-state index contributed by atoms with van der Waals surface area (Å²) in [6, 6.07) is 3.36. The lowest BCUT2D eigenvalue weighted by Gasteiger charge is -2.11. The van der Waals surface area contributed by atoms with Gasteiger partial charge in [0.15, 0.2) is 0 Å². The Morgan fingerprint density at radius 1 is 1.60 bits per heavy atom. The molecule has 0 aliphatic carbocycles. The molecule has 7 heteroatoms. The zero-order valence-corrected chi connectivity index (χ0v) is 11.2. The number of carbonyl (C=O) groups excluding carboxylic acids is 1. The van der Waals surface area contributed by atoms with E-state index in [-0.39, 0.29) is 11.7 Å². The van der Waals surface area contributed by atoms with Crippen LogP contribution in [0.2, 0.25) is 0 Å². The zero-order chi connectivity index (χ0) is 13.9. The first kappa shape index (κ1) is 12.9. The van der Waals surface area contributed by atoms with Gasteiger partial charge in [-0.3, -0.25) is 4.79 Å². The summed E-state index contributed by atoms with van der Waals surface area (Å²) in [7, 11) is 0. The van der Waals surface area contributed by atoms with Crippen molar-refractivity contribution in [2.75, 3.05) is 18.5 Å². The number of nitrogens with one attached hydrogen (secondary N) is 1. The molecule has 7 nitrogen and oxygen atoms in total. The number of aryl methyl sites for hydroxylation is 1. The summed E-state index contributed by atoms with van der Waals surface area (Å²) in [6.45, 7) is 4.04. The highest BCUT2D eigenvalue weighted by atomic mass is 16.5. The summed E-state index contributed by atoms with van der Waals surface area (Å²) in [5.41, 5.74) is 0.673. The maximum Gasteiger partial charge on any atom is 0.295 e. The Morgan fingerprint density at radius 2 is 2.50 bits per heavy atom. The van der Waals surface area contributed by atoms with Crippen molar-refractivity contribution in [3.05, 3.63) is 29.8 Å². The third kappa shape index (κ3) is 2.72. The fraction of sp³-hybridized carbons (Fsp3) is 0.462. The molecule has 0 radical (unpaired) electrons. The Labute approximate surface area is 115 Å². The molecule has 1 aliphatic heterocycles. The number of ether oxygens (including phenoxy) is 1. The van der Waals surface area contributed by atoms with Crippen LogP contribution in [0.1, 0.15) is 22.7 Å². The lowest BCUT2D eigenvalue weighted by Crippen LogP contribution is -2.18. The van der Waals surface area contributed by atoms with E-state index in [1.807, 2.05) is 0 Å². The van der Waals surface area contributed by atoms with E-state index in [1.165, 1.54) is 0 Å². The van der Waals surface area contributed by atoms with E-state index in [1.54, 1.807) is 29.9 Å². The van der Waals surface area contributed by atoms with E-state index in [4.69, 9.17) is 9.26 Å². The Hall–Kier alpha value is -2.15. The Bertz CT molecular complexity index is 598. The first-order valence-electron chi connectivity index (χ1n) is 6.56. The molecular weight excluding hydrogens is 260 g/mol. The molecule has 3 rings (SSSR count). The van der Waals surface area contributed by atoms with Crippen LogP contribution in [-0.2, 0) is 11.3 Å². The molecule has 1 N–H and O–H groups in total. The predicted molar refractivity (Wildman–Crippen MR) is 70.3 cm³/mol. The molecule has 0 aromatic carbocycles. The quantitative estimate of drug-likeness (QED) is 0.914. The largest absolute Gasteiger partial charge is 0.381 e. The van der Waals surface area contributed by atoms with Crippen LogP contribution >= 0.6 is 0 Å². The highest BCUT2D eigenvalue weighted by Crippen LogP contribution is 2.17. The van der Waals surface area contributed by atoms with E-state index < -0.39 is 0 Å². The van der Waals surface area contributed by atoms with Crippen molar-refractivity contribution >= 4 is 11.7 Å². The first-order valence-corrected chi connectivity index (χ1v) is 6.56. The molecule has 0 spiro atoms. The lowest BCUT2D eigenvalue weighted by atomic mass is 10.1. The number of anilines is 1. The molecule has 20 heavy (non-hydrogen) atoms. The summed E-state index contributed by atoms with van der Waals surface area (Å²) >= 11 is 0. The van der Waals surface area contributed by atoms with Crippen LogP contribution in [-0.4, -0.2) is 34.1 Å². The molecule has 0 saturated carbocycles. The molecule has 1 amide bonds. The highest BCUT2D eigenvalue weighted by Gasteiger charge is 2.19. The number of aromatic nitrogens is 3. The molecule has 1 saturated heterocycles. The minimum atomic E-state index is -0.324. The third-order valence-electron chi connectivity index (χ3n) is 3.27. The minimum absolute atomic E-state index is 0.194. The molecule has 0 bridgehead atoms. The molecular formula is C13H16N4O3. The molecule has 106 valence electrons. The van der Waals surface area contributed by atoms with Crippen LogP contribution in [0.15, 0.2) is 22.9 Å². The van der Waals surface area contributed by atoms with E-state index >= 15 is 0 Å². The van der Waals surface area contributed by atoms with Gasteiger partial charge >= 0.3 is 0 Å². The van der Waals surface area contributed by atoms with Gasteiger partial charge in [-0.15, -0.1) is 0 Å². The summed E-state index contributed by atoms with van der Waals surface area (Å²) in [5.74, 6) is 0.962. The molecule has 2 aromatic heterocycles. The van der Waals surface area contributed by atoms with Crippen LogP contribution in [0, 0.1) is 12.8 Å². The van der Waals surface area contributed by atoms with Crippen LogP contribution < -0.4 is 5.32 Å². The second kappa shape index (κ2) is 5.46. The maximum atomic E-state index is 12.0. The number of nitrogens with zero attached hydrogens (tertiary/aromatic N) is 3. The second-order valence-corrected chi connectivity index (χ2v) is 4.91. The number of hydrogen-bond donors (Lipinski definition) is 1.